The minimum absolute atomic E-state index is 0.686. The van der Waals surface area contributed by atoms with Crippen LogP contribution in [0.1, 0.15) is 0 Å². The molecule has 0 saturated carbocycles. The third kappa shape index (κ3) is 3.79. The molecule has 0 bridgehead atoms. The summed E-state index contributed by atoms with van der Waals surface area (Å²) in [6.07, 6.45) is -4.97. The van der Waals surface area contributed by atoms with E-state index in [2.05, 4.69) is 4.99 Å². The van der Waals surface area contributed by atoms with Gasteiger partial charge in [-0.25, -0.2) is 0 Å². The second-order valence-corrected chi connectivity index (χ2v) is 2.63. The van der Waals surface area contributed by atoms with Gasteiger partial charge >= 0.3 is 0 Å². The molecule has 4 atom stereocenters. The zero-order valence-corrected chi connectivity index (χ0v) is 7.28. The minimum Gasteiger partial charge on any atom is -0.394 e. The molecule has 0 aromatic heterocycles. The molecule has 0 rings (SSSR count). The number of hydrogen-bond donors (Lipinski definition) is 5. The summed E-state index contributed by atoms with van der Waals surface area (Å²) in [6.45, 7) is -0.686. The fourth-order valence-electron chi connectivity index (χ4n) is 0.779. The van der Waals surface area contributed by atoms with Crippen LogP contribution in [0.15, 0.2) is 4.99 Å². The topological polar surface area (TPSA) is 114 Å². The highest BCUT2D eigenvalue weighted by atomic mass is 16.4. The maximum Gasteiger partial charge on any atom is 0.117 e. The molecule has 0 saturated heterocycles. The fourth-order valence-corrected chi connectivity index (χ4v) is 0.779. The lowest BCUT2D eigenvalue weighted by molar-refractivity contribution is -0.0999. The summed E-state index contributed by atoms with van der Waals surface area (Å²) in [4.78, 5) is 3.43. The van der Waals surface area contributed by atoms with E-state index in [1.807, 2.05) is 0 Å². The smallest absolute Gasteiger partial charge is 0.117 e. The predicted octanol–water partition coefficient (Wildman–Crippen LogP) is -2.88. The van der Waals surface area contributed by atoms with E-state index >= 15 is 0 Å². The molecule has 13 heavy (non-hydrogen) atoms. The minimum atomic E-state index is -1.60. The second kappa shape index (κ2) is 6.01. The quantitative estimate of drug-likeness (QED) is 0.301. The highest BCUT2D eigenvalue weighted by Gasteiger charge is 2.28. The number of aliphatic hydroxyl groups excluding tert-OH is 5. The average molecular weight is 193 g/mol. The summed E-state index contributed by atoms with van der Waals surface area (Å²) in [7, 11) is 1.39. The van der Waals surface area contributed by atoms with Crippen molar-refractivity contribution in [3.05, 3.63) is 0 Å². The van der Waals surface area contributed by atoms with E-state index < -0.39 is 31.0 Å². The third-order valence-electron chi connectivity index (χ3n) is 1.58. The van der Waals surface area contributed by atoms with Crippen LogP contribution in [0.25, 0.3) is 0 Å². The molecule has 78 valence electrons. The molecule has 6 nitrogen and oxygen atoms in total. The van der Waals surface area contributed by atoms with Gasteiger partial charge in [0.25, 0.3) is 0 Å². The molecule has 0 fully saturated rings. The van der Waals surface area contributed by atoms with Crippen molar-refractivity contribution in [2.75, 3.05) is 13.7 Å². The molecular formula is C7H15NO5. The van der Waals surface area contributed by atoms with Crippen LogP contribution in [0, 0.1) is 0 Å². The maximum absolute atomic E-state index is 9.16. The summed E-state index contributed by atoms with van der Waals surface area (Å²) < 4.78 is 0. The first-order valence-corrected chi connectivity index (χ1v) is 3.80. The van der Waals surface area contributed by atoms with E-state index in [1.54, 1.807) is 0 Å². The van der Waals surface area contributed by atoms with Crippen molar-refractivity contribution in [3.8, 4) is 0 Å². The van der Waals surface area contributed by atoms with Crippen LogP contribution in [0.5, 0.6) is 0 Å². The van der Waals surface area contributed by atoms with Crippen LogP contribution < -0.4 is 0 Å². The first-order valence-electron chi connectivity index (χ1n) is 3.80. The van der Waals surface area contributed by atoms with Crippen molar-refractivity contribution in [2.24, 2.45) is 4.99 Å². The Morgan fingerprint density at radius 3 is 2.08 bits per heavy atom. The Hall–Kier alpha value is -0.530. The Balaban J connectivity index is 4.15. The van der Waals surface area contributed by atoms with Crippen LogP contribution in [0.3, 0.4) is 0 Å². The monoisotopic (exact) mass is 193 g/mol. The van der Waals surface area contributed by atoms with E-state index in [1.165, 1.54) is 7.05 Å². The standard InChI is InChI=1S/C7H15NO5/c1-8-2-4(10)6(12)7(13)5(11)3-9/h2,4-7,9-13H,3H2,1H3/b8-2-/t4-,5-,6-,7-/m1/s1. The summed E-state index contributed by atoms with van der Waals surface area (Å²) in [5.74, 6) is 0. The molecule has 0 aromatic rings. The van der Waals surface area contributed by atoms with Gasteiger partial charge in [-0.1, -0.05) is 0 Å². The van der Waals surface area contributed by atoms with E-state index in [4.69, 9.17) is 25.5 Å². The molecule has 0 heterocycles. The van der Waals surface area contributed by atoms with Crippen LogP contribution in [-0.4, -0.2) is 69.8 Å². The molecule has 0 aliphatic heterocycles. The summed E-state index contributed by atoms with van der Waals surface area (Å²) in [6, 6.07) is 0. The first-order chi connectivity index (χ1) is 6.04. The molecule has 0 amide bonds. The number of hydrogen-bond acceptors (Lipinski definition) is 6. The zero-order valence-electron chi connectivity index (χ0n) is 7.28. The van der Waals surface area contributed by atoms with Gasteiger partial charge in [0.15, 0.2) is 0 Å². The van der Waals surface area contributed by atoms with Gasteiger partial charge in [-0.05, 0) is 0 Å². The van der Waals surface area contributed by atoms with Crippen molar-refractivity contribution in [3.63, 3.8) is 0 Å². The largest absolute Gasteiger partial charge is 0.394 e. The Kier molecular flexibility index (Phi) is 5.76. The Morgan fingerprint density at radius 2 is 1.69 bits per heavy atom. The lowest BCUT2D eigenvalue weighted by Gasteiger charge is -2.23. The molecule has 5 N–H and O–H groups in total. The van der Waals surface area contributed by atoms with Crippen LogP contribution in [-0.2, 0) is 0 Å². The summed E-state index contributed by atoms with van der Waals surface area (Å²) in [5.41, 5.74) is 0. The van der Waals surface area contributed by atoms with Gasteiger partial charge in [0.05, 0.1) is 6.61 Å². The average Bonchev–Trinajstić information content (AvgIpc) is 2.14. The normalized spacial score (nSPS) is 21.4. The van der Waals surface area contributed by atoms with Gasteiger partial charge in [0.2, 0.25) is 0 Å². The van der Waals surface area contributed by atoms with Crippen LogP contribution in [0.2, 0.25) is 0 Å². The third-order valence-corrected chi connectivity index (χ3v) is 1.58. The molecule has 0 aliphatic rings. The summed E-state index contributed by atoms with van der Waals surface area (Å²) >= 11 is 0. The second-order valence-electron chi connectivity index (χ2n) is 2.63. The molecule has 0 unspecified atom stereocenters. The van der Waals surface area contributed by atoms with Crippen LogP contribution in [0.4, 0.5) is 0 Å². The highest BCUT2D eigenvalue weighted by molar-refractivity contribution is 5.63. The van der Waals surface area contributed by atoms with E-state index in [-0.39, 0.29) is 0 Å². The molecule has 0 aromatic carbocycles. The maximum atomic E-state index is 9.16. The molecule has 0 spiro atoms. The summed E-state index contributed by atoms with van der Waals surface area (Å²) in [5, 5.41) is 44.7. The Morgan fingerprint density at radius 1 is 1.15 bits per heavy atom. The first kappa shape index (κ1) is 12.5. The molecule has 0 aliphatic carbocycles. The Labute approximate surface area is 75.8 Å². The molecule has 0 radical (unpaired) electrons. The van der Waals surface area contributed by atoms with E-state index in [9.17, 15) is 0 Å². The number of nitrogens with zero attached hydrogens (tertiary/aromatic N) is 1. The van der Waals surface area contributed by atoms with Gasteiger partial charge in [-0.3, -0.25) is 4.99 Å². The number of aliphatic hydroxyl groups is 5. The fraction of sp³-hybridized carbons (Fsp3) is 0.857. The van der Waals surface area contributed by atoms with Gasteiger partial charge in [0, 0.05) is 13.3 Å². The Bertz CT molecular complexity index is 163. The van der Waals surface area contributed by atoms with Crippen molar-refractivity contribution in [1.82, 2.24) is 0 Å². The number of aliphatic imine (C=N–C) groups is 1. The lowest BCUT2D eigenvalue weighted by Crippen LogP contribution is -2.46. The number of rotatable bonds is 5. The van der Waals surface area contributed by atoms with Gasteiger partial charge in [0.1, 0.15) is 24.4 Å². The van der Waals surface area contributed by atoms with Crippen molar-refractivity contribution in [2.45, 2.75) is 24.4 Å². The molecule has 6 heteroatoms. The SMILES string of the molecule is C/N=C\[C@@H](O)[C@@H](O)[C@H](O)[C@H](O)CO. The van der Waals surface area contributed by atoms with Gasteiger partial charge < -0.3 is 25.5 Å². The van der Waals surface area contributed by atoms with Crippen molar-refractivity contribution in [1.29, 1.82) is 0 Å². The van der Waals surface area contributed by atoms with Crippen molar-refractivity contribution < 1.29 is 25.5 Å². The predicted molar refractivity (Wildman–Crippen MR) is 45.5 cm³/mol. The van der Waals surface area contributed by atoms with E-state index in [0.29, 0.717) is 0 Å². The van der Waals surface area contributed by atoms with Gasteiger partial charge in [-0.15, -0.1) is 0 Å². The van der Waals surface area contributed by atoms with Crippen LogP contribution >= 0.6 is 0 Å². The molecular weight excluding hydrogens is 178 g/mol. The highest BCUT2D eigenvalue weighted by Crippen LogP contribution is 2.03. The van der Waals surface area contributed by atoms with E-state index in [0.717, 1.165) is 6.21 Å². The zero-order chi connectivity index (χ0) is 10.4. The lowest BCUT2D eigenvalue weighted by atomic mass is 10.0. The van der Waals surface area contributed by atoms with Crippen molar-refractivity contribution >= 4 is 6.21 Å². The van der Waals surface area contributed by atoms with Gasteiger partial charge in [-0.2, -0.15) is 0 Å².